The van der Waals surface area contributed by atoms with Crippen molar-refractivity contribution in [3.63, 3.8) is 0 Å². The first-order chi connectivity index (χ1) is 13.6. The predicted octanol–water partition coefficient (Wildman–Crippen LogP) is 2.05. The normalized spacial score (nSPS) is 12.1. The van der Waals surface area contributed by atoms with Gasteiger partial charge in [0.2, 0.25) is 12.5 Å². The number of methoxy groups -OCH3 is 1. The van der Waals surface area contributed by atoms with Crippen molar-refractivity contribution in [1.29, 1.82) is 0 Å². The van der Waals surface area contributed by atoms with Crippen LogP contribution < -0.4 is 14.8 Å². The third-order valence-electron chi connectivity index (χ3n) is 3.91. The number of nitrogens with one attached hydrogen (secondary N) is 1. The summed E-state index contributed by atoms with van der Waals surface area (Å²) in [5, 5.41) is 6.93. The minimum absolute atomic E-state index is 0.0375. The zero-order valence-electron chi connectivity index (χ0n) is 14.8. The van der Waals surface area contributed by atoms with Gasteiger partial charge in [-0.2, -0.15) is 4.98 Å². The maximum absolute atomic E-state index is 12.2. The molecule has 11 nitrogen and oxygen atoms in total. The minimum Gasteiger partial charge on any atom is -0.465 e. The molecule has 1 N–H and O–H groups in total. The van der Waals surface area contributed by atoms with Gasteiger partial charge in [-0.15, -0.1) is 0 Å². The molecule has 28 heavy (non-hydrogen) atoms. The summed E-state index contributed by atoms with van der Waals surface area (Å²) in [4.78, 5) is 32.5. The third-order valence-corrected chi connectivity index (χ3v) is 3.91. The van der Waals surface area contributed by atoms with Crippen LogP contribution in [-0.2, 0) is 9.47 Å². The van der Waals surface area contributed by atoms with Crippen molar-refractivity contribution in [1.82, 2.24) is 15.1 Å². The molecule has 0 amide bonds. The fraction of sp³-hybridized carbons (Fsp3) is 0.235. The van der Waals surface area contributed by atoms with Crippen LogP contribution in [0.4, 0.5) is 11.5 Å². The first-order valence-corrected chi connectivity index (χ1v) is 8.18. The second-order valence-electron chi connectivity index (χ2n) is 5.52. The molecule has 3 heterocycles. The average Bonchev–Trinajstić information content (AvgIpc) is 3.34. The molecule has 0 fully saturated rings. The van der Waals surface area contributed by atoms with Gasteiger partial charge in [0.15, 0.2) is 11.5 Å². The Kier molecular flexibility index (Phi) is 4.39. The summed E-state index contributed by atoms with van der Waals surface area (Å²) in [7, 11) is 1.26. The number of aromatic nitrogens is 3. The highest BCUT2D eigenvalue weighted by Crippen LogP contribution is 2.39. The predicted molar refractivity (Wildman–Crippen MR) is 92.7 cm³/mol. The number of anilines is 2. The van der Waals surface area contributed by atoms with Crippen molar-refractivity contribution in [3.8, 4) is 11.5 Å². The van der Waals surface area contributed by atoms with Crippen LogP contribution in [0.1, 0.15) is 27.8 Å². The van der Waals surface area contributed by atoms with E-state index in [4.69, 9.17) is 23.5 Å². The highest BCUT2D eigenvalue weighted by molar-refractivity contribution is 6.06. The Hall–Kier alpha value is -3.89. The molecule has 1 aliphatic rings. The lowest BCUT2D eigenvalue weighted by Crippen LogP contribution is -2.09. The molecule has 4 rings (SSSR count). The van der Waals surface area contributed by atoms with Gasteiger partial charge in [0.05, 0.1) is 25.0 Å². The molecule has 0 saturated heterocycles. The molecule has 0 bridgehead atoms. The van der Waals surface area contributed by atoms with Crippen molar-refractivity contribution >= 4 is 34.5 Å². The lowest BCUT2D eigenvalue weighted by atomic mass is 10.1. The van der Waals surface area contributed by atoms with E-state index in [1.807, 2.05) is 0 Å². The van der Waals surface area contributed by atoms with Crippen molar-refractivity contribution in [2.45, 2.75) is 6.92 Å². The summed E-state index contributed by atoms with van der Waals surface area (Å²) in [6, 6.07) is 3.06. The third kappa shape index (κ3) is 2.92. The van der Waals surface area contributed by atoms with E-state index in [9.17, 15) is 9.59 Å². The van der Waals surface area contributed by atoms with Crippen LogP contribution in [-0.4, -0.2) is 47.6 Å². The number of hydrogen-bond donors (Lipinski definition) is 1. The Morgan fingerprint density at radius 1 is 1.18 bits per heavy atom. The number of nitrogens with zero attached hydrogens (tertiary/aromatic N) is 3. The number of benzene rings is 1. The van der Waals surface area contributed by atoms with E-state index in [1.54, 1.807) is 13.0 Å². The smallest absolute Gasteiger partial charge is 0.361 e. The van der Waals surface area contributed by atoms with Crippen LogP contribution in [0.25, 0.3) is 11.1 Å². The van der Waals surface area contributed by atoms with Crippen LogP contribution in [0.2, 0.25) is 0 Å². The molecule has 144 valence electrons. The van der Waals surface area contributed by atoms with E-state index < -0.39 is 11.9 Å². The monoisotopic (exact) mass is 386 g/mol. The van der Waals surface area contributed by atoms with Crippen molar-refractivity contribution < 1.29 is 33.1 Å². The Morgan fingerprint density at radius 3 is 2.71 bits per heavy atom. The lowest BCUT2D eigenvalue weighted by Gasteiger charge is -2.12. The molecule has 0 radical (unpaired) electrons. The zero-order chi connectivity index (χ0) is 19.7. The SMILES string of the molecule is CCOC(=O)c1noc2ncnc(Nc3cc4c(cc3C(=O)OC)OCO4)c12. The number of ether oxygens (including phenoxy) is 4. The number of hydrogen-bond acceptors (Lipinski definition) is 11. The van der Waals surface area contributed by atoms with Crippen LogP contribution in [0.15, 0.2) is 23.0 Å². The maximum atomic E-state index is 12.2. The van der Waals surface area contributed by atoms with E-state index in [2.05, 4.69) is 20.4 Å². The number of carbonyl (C=O) groups is 2. The number of esters is 2. The average molecular weight is 386 g/mol. The number of carbonyl (C=O) groups excluding carboxylic acids is 2. The Morgan fingerprint density at radius 2 is 1.96 bits per heavy atom. The first-order valence-electron chi connectivity index (χ1n) is 8.18. The standard InChI is InChI=1S/C17H14N4O7/c1-3-25-17(23)13-12-14(18-6-19-15(12)28-21-13)20-9-5-11-10(26-7-27-11)4-8(9)16(22)24-2/h4-6H,3,7H2,1-2H3,(H,18,19,20). The van der Waals surface area contributed by atoms with E-state index in [1.165, 1.54) is 19.5 Å². The molecule has 1 aliphatic heterocycles. The molecule has 0 spiro atoms. The van der Waals surface area contributed by atoms with E-state index >= 15 is 0 Å². The van der Waals surface area contributed by atoms with Gasteiger partial charge >= 0.3 is 11.9 Å². The van der Waals surface area contributed by atoms with Crippen molar-refractivity contribution in [3.05, 3.63) is 29.7 Å². The quantitative estimate of drug-likeness (QED) is 0.645. The first kappa shape index (κ1) is 17.5. The van der Waals surface area contributed by atoms with Gasteiger partial charge < -0.3 is 28.8 Å². The minimum atomic E-state index is -0.682. The van der Waals surface area contributed by atoms with Crippen LogP contribution in [0.5, 0.6) is 11.5 Å². The lowest BCUT2D eigenvalue weighted by molar-refractivity contribution is 0.0516. The van der Waals surface area contributed by atoms with Crippen molar-refractivity contribution in [2.24, 2.45) is 0 Å². The van der Waals surface area contributed by atoms with Gasteiger partial charge in [0, 0.05) is 12.1 Å². The van der Waals surface area contributed by atoms with Gasteiger partial charge in [-0.1, -0.05) is 5.16 Å². The molecule has 0 atom stereocenters. The van der Waals surface area contributed by atoms with Crippen LogP contribution in [0, 0.1) is 0 Å². The molecule has 1 aromatic carbocycles. The number of rotatable bonds is 5. The summed E-state index contributed by atoms with van der Waals surface area (Å²) >= 11 is 0. The van der Waals surface area contributed by atoms with Gasteiger partial charge in [-0.05, 0) is 6.92 Å². The highest BCUT2D eigenvalue weighted by atomic mass is 16.7. The molecular formula is C17H14N4O7. The van der Waals surface area contributed by atoms with Gasteiger partial charge in [0.25, 0.3) is 5.71 Å². The fourth-order valence-electron chi connectivity index (χ4n) is 2.67. The maximum Gasteiger partial charge on any atom is 0.361 e. The van der Waals surface area contributed by atoms with Gasteiger partial charge in [-0.25, -0.2) is 14.6 Å². The summed E-state index contributed by atoms with van der Waals surface area (Å²) in [6.45, 7) is 1.87. The molecule has 0 saturated carbocycles. The summed E-state index contributed by atoms with van der Waals surface area (Å²) in [5.74, 6) is -0.231. The van der Waals surface area contributed by atoms with E-state index in [-0.39, 0.29) is 41.6 Å². The molecular weight excluding hydrogens is 372 g/mol. The largest absolute Gasteiger partial charge is 0.465 e. The topological polar surface area (TPSA) is 135 Å². The van der Waals surface area contributed by atoms with E-state index in [0.29, 0.717) is 17.2 Å². The van der Waals surface area contributed by atoms with Gasteiger partial charge in [-0.3, -0.25) is 0 Å². The molecule has 0 unspecified atom stereocenters. The Labute approximate surface area is 157 Å². The fourth-order valence-corrected chi connectivity index (χ4v) is 2.67. The summed E-state index contributed by atoms with van der Waals surface area (Å²) < 4.78 is 25.6. The van der Waals surface area contributed by atoms with E-state index in [0.717, 1.165) is 0 Å². The Balaban J connectivity index is 1.81. The summed E-state index contributed by atoms with van der Waals surface area (Å²) in [5.41, 5.74) is 0.515. The summed E-state index contributed by atoms with van der Waals surface area (Å²) in [6.07, 6.45) is 1.23. The molecule has 2 aromatic heterocycles. The molecule has 3 aromatic rings. The Bertz CT molecular complexity index is 1080. The van der Waals surface area contributed by atoms with Crippen LogP contribution >= 0.6 is 0 Å². The zero-order valence-corrected chi connectivity index (χ0v) is 14.8. The molecule has 0 aliphatic carbocycles. The highest BCUT2D eigenvalue weighted by Gasteiger charge is 2.25. The molecule has 11 heteroatoms. The second-order valence-corrected chi connectivity index (χ2v) is 5.52. The second kappa shape index (κ2) is 7.02. The van der Waals surface area contributed by atoms with Crippen molar-refractivity contribution in [2.75, 3.05) is 25.8 Å². The van der Waals surface area contributed by atoms with Crippen LogP contribution in [0.3, 0.4) is 0 Å². The number of fused-ring (bicyclic) bond motifs is 2. The van der Waals surface area contributed by atoms with Gasteiger partial charge in [0.1, 0.15) is 17.5 Å².